The van der Waals surface area contributed by atoms with Gasteiger partial charge in [0.25, 0.3) is 0 Å². The molecule has 1 aliphatic carbocycles. The molecule has 56 valence electrons. The molecule has 0 heterocycles. The van der Waals surface area contributed by atoms with Gasteiger partial charge >= 0.3 is 0 Å². The van der Waals surface area contributed by atoms with E-state index in [0.29, 0.717) is 0 Å². The van der Waals surface area contributed by atoms with Gasteiger partial charge in [0.05, 0.1) is 0 Å². The molecule has 0 aromatic carbocycles. The summed E-state index contributed by atoms with van der Waals surface area (Å²) >= 11 is 4.93. The molecule has 0 aliphatic heterocycles. The largest absolute Gasteiger partial charge is 0.0777 e. The van der Waals surface area contributed by atoms with Crippen molar-refractivity contribution in [2.45, 2.75) is 23.7 Å². The van der Waals surface area contributed by atoms with Crippen LogP contribution in [0.4, 0.5) is 0 Å². The second-order valence-electron chi connectivity index (χ2n) is 2.36. The summed E-state index contributed by atoms with van der Waals surface area (Å²) in [7, 11) is 0. The molecule has 0 saturated heterocycles. The zero-order valence-electron chi connectivity index (χ0n) is 5.90. The fraction of sp³-hybridized carbons (Fsp3) is 0.500. The van der Waals surface area contributed by atoms with Crippen LogP contribution in [-0.4, -0.2) is 3.92 Å². The van der Waals surface area contributed by atoms with Crippen molar-refractivity contribution in [3.05, 3.63) is 21.3 Å². The normalized spacial score (nSPS) is 25.7. The summed E-state index contributed by atoms with van der Waals surface area (Å²) < 4.78 is 2.27. The minimum atomic E-state index is 0.722. The first-order valence-electron chi connectivity index (χ1n) is 3.44. The number of rotatable bonds is 1. The molecule has 1 atom stereocenters. The fourth-order valence-corrected chi connectivity index (χ4v) is 3.52. The first-order chi connectivity index (χ1) is 4.74. The standard InChI is InChI=1S/C8H10I2/c1-2-6-3-4-7(9)5-8(6)10/h3-4,7H,2,5H2,1H3. The van der Waals surface area contributed by atoms with Crippen LogP contribution in [0.5, 0.6) is 0 Å². The third-order valence-corrected chi connectivity index (χ3v) is 3.60. The average molecular weight is 360 g/mol. The van der Waals surface area contributed by atoms with Crippen LogP contribution in [0.15, 0.2) is 21.3 Å². The van der Waals surface area contributed by atoms with E-state index in [1.165, 1.54) is 18.4 Å². The smallest absolute Gasteiger partial charge is 0.0337 e. The molecular weight excluding hydrogens is 350 g/mol. The van der Waals surface area contributed by atoms with E-state index < -0.39 is 0 Å². The number of alkyl halides is 1. The quantitative estimate of drug-likeness (QED) is 0.492. The van der Waals surface area contributed by atoms with Crippen molar-refractivity contribution in [3.8, 4) is 0 Å². The summed E-state index contributed by atoms with van der Waals surface area (Å²) in [4.78, 5) is 0. The summed E-state index contributed by atoms with van der Waals surface area (Å²) in [5, 5.41) is 0. The van der Waals surface area contributed by atoms with Gasteiger partial charge in [0.2, 0.25) is 0 Å². The molecule has 0 radical (unpaired) electrons. The second-order valence-corrected chi connectivity index (χ2v) is 5.27. The summed E-state index contributed by atoms with van der Waals surface area (Å²) in [6, 6.07) is 0. The van der Waals surface area contributed by atoms with Crippen LogP contribution in [0.25, 0.3) is 0 Å². The van der Waals surface area contributed by atoms with Crippen LogP contribution in [-0.2, 0) is 0 Å². The van der Waals surface area contributed by atoms with Crippen molar-refractivity contribution >= 4 is 45.2 Å². The molecule has 0 bridgehead atoms. The molecular formula is C8H10I2. The minimum Gasteiger partial charge on any atom is -0.0777 e. The SMILES string of the molecule is CCC1=C(I)CC(I)C=C1. The van der Waals surface area contributed by atoms with Gasteiger partial charge < -0.3 is 0 Å². The Balaban J connectivity index is 2.73. The number of hydrogen-bond acceptors (Lipinski definition) is 0. The van der Waals surface area contributed by atoms with Crippen LogP contribution in [0, 0.1) is 0 Å². The number of allylic oxidation sites excluding steroid dienone is 4. The summed E-state index contributed by atoms with van der Waals surface area (Å²) in [6.07, 6.45) is 6.98. The van der Waals surface area contributed by atoms with Gasteiger partial charge in [0, 0.05) is 3.92 Å². The summed E-state index contributed by atoms with van der Waals surface area (Å²) in [6.45, 7) is 2.21. The molecule has 0 amide bonds. The Morgan fingerprint density at radius 1 is 1.70 bits per heavy atom. The van der Waals surface area contributed by atoms with Crippen LogP contribution in [0.2, 0.25) is 0 Å². The lowest BCUT2D eigenvalue weighted by molar-refractivity contribution is 1.01. The maximum atomic E-state index is 2.47. The van der Waals surface area contributed by atoms with E-state index in [9.17, 15) is 0 Å². The third kappa shape index (κ3) is 2.22. The van der Waals surface area contributed by atoms with Gasteiger partial charge in [-0.1, -0.05) is 41.7 Å². The lowest BCUT2D eigenvalue weighted by Crippen LogP contribution is -1.99. The highest BCUT2D eigenvalue weighted by Crippen LogP contribution is 2.29. The molecule has 0 fully saturated rings. The fourth-order valence-electron chi connectivity index (χ4n) is 0.991. The van der Waals surface area contributed by atoms with Gasteiger partial charge in [-0.15, -0.1) is 0 Å². The van der Waals surface area contributed by atoms with Gasteiger partial charge in [0.15, 0.2) is 0 Å². The van der Waals surface area contributed by atoms with Crippen LogP contribution in [0.3, 0.4) is 0 Å². The molecule has 1 unspecified atom stereocenters. The predicted molar refractivity (Wildman–Crippen MR) is 62.9 cm³/mol. The highest BCUT2D eigenvalue weighted by molar-refractivity contribution is 14.1. The molecule has 0 spiro atoms. The van der Waals surface area contributed by atoms with Crippen LogP contribution >= 0.6 is 45.2 Å². The molecule has 2 heteroatoms. The van der Waals surface area contributed by atoms with Gasteiger partial charge in [-0.25, -0.2) is 0 Å². The van der Waals surface area contributed by atoms with E-state index in [1.807, 2.05) is 0 Å². The highest BCUT2D eigenvalue weighted by atomic mass is 127. The van der Waals surface area contributed by atoms with Crippen molar-refractivity contribution in [3.63, 3.8) is 0 Å². The van der Waals surface area contributed by atoms with E-state index in [2.05, 4.69) is 64.3 Å². The zero-order valence-corrected chi connectivity index (χ0v) is 10.2. The summed E-state index contributed by atoms with van der Waals surface area (Å²) in [5.41, 5.74) is 1.52. The van der Waals surface area contributed by atoms with Crippen molar-refractivity contribution in [2.24, 2.45) is 0 Å². The van der Waals surface area contributed by atoms with Crippen molar-refractivity contribution in [2.75, 3.05) is 0 Å². The summed E-state index contributed by atoms with van der Waals surface area (Å²) in [5.74, 6) is 0. The van der Waals surface area contributed by atoms with Gasteiger partial charge in [-0.05, 0) is 44.6 Å². The van der Waals surface area contributed by atoms with Crippen molar-refractivity contribution in [1.29, 1.82) is 0 Å². The van der Waals surface area contributed by atoms with E-state index >= 15 is 0 Å². The Kier molecular flexibility index (Phi) is 3.69. The molecule has 0 N–H and O–H groups in total. The molecule has 0 aromatic heterocycles. The maximum Gasteiger partial charge on any atom is 0.0337 e. The Bertz CT molecular complexity index is 180. The maximum absolute atomic E-state index is 2.47. The molecule has 10 heavy (non-hydrogen) atoms. The van der Waals surface area contributed by atoms with Gasteiger partial charge in [-0.3, -0.25) is 0 Å². The number of halogens is 2. The number of hydrogen-bond donors (Lipinski definition) is 0. The molecule has 0 nitrogen and oxygen atoms in total. The van der Waals surface area contributed by atoms with Crippen molar-refractivity contribution < 1.29 is 0 Å². The molecule has 0 saturated carbocycles. The Labute approximate surface area is 89.4 Å². The van der Waals surface area contributed by atoms with Crippen LogP contribution in [0.1, 0.15) is 19.8 Å². The minimum absolute atomic E-state index is 0.722. The first-order valence-corrected chi connectivity index (χ1v) is 5.76. The molecule has 1 aliphatic rings. The molecule has 0 aromatic rings. The third-order valence-electron chi connectivity index (χ3n) is 1.61. The van der Waals surface area contributed by atoms with Crippen LogP contribution < -0.4 is 0 Å². The lowest BCUT2D eigenvalue weighted by Gasteiger charge is -2.13. The molecule has 1 rings (SSSR count). The van der Waals surface area contributed by atoms with E-state index in [0.717, 1.165) is 3.92 Å². The van der Waals surface area contributed by atoms with E-state index in [1.54, 1.807) is 3.58 Å². The van der Waals surface area contributed by atoms with E-state index in [4.69, 9.17) is 0 Å². The zero-order chi connectivity index (χ0) is 7.56. The highest BCUT2D eigenvalue weighted by Gasteiger charge is 2.09. The van der Waals surface area contributed by atoms with E-state index in [-0.39, 0.29) is 0 Å². The first kappa shape index (κ1) is 9.03. The Morgan fingerprint density at radius 2 is 2.40 bits per heavy atom. The Hall–Kier alpha value is 0.940. The lowest BCUT2D eigenvalue weighted by atomic mass is 10.1. The topological polar surface area (TPSA) is 0 Å². The van der Waals surface area contributed by atoms with Gasteiger partial charge in [-0.2, -0.15) is 0 Å². The predicted octanol–water partition coefficient (Wildman–Crippen LogP) is 3.85. The second kappa shape index (κ2) is 4.09. The Morgan fingerprint density at radius 3 is 2.90 bits per heavy atom. The van der Waals surface area contributed by atoms with Gasteiger partial charge in [0.1, 0.15) is 0 Å². The van der Waals surface area contributed by atoms with Crippen molar-refractivity contribution in [1.82, 2.24) is 0 Å². The average Bonchev–Trinajstić information content (AvgIpc) is 1.88. The monoisotopic (exact) mass is 360 g/mol.